The molecule has 0 aliphatic rings. The number of carbonyl (C=O) groups is 2. The monoisotopic (exact) mass is 571 g/mol. The highest BCUT2D eigenvalue weighted by atomic mass is 19.1. The number of halogens is 2. The van der Waals surface area contributed by atoms with Crippen molar-refractivity contribution in [1.82, 2.24) is 20.0 Å². The number of aromatic nitrogens is 4. The number of carboxylic acid groups (broad SMARTS) is 1. The second-order valence-corrected chi connectivity index (χ2v) is 9.10. The van der Waals surface area contributed by atoms with E-state index in [1.165, 1.54) is 23.0 Å². The summed E-state index contributed by atoms with van der Waals surface area (Å²) in [6, 6.07) is 20.5. The summed E-state index contributed by atoms with van der Waals surface area (Å²) in [6.45, 7) is 3.43. The minimum Gasteiger partial charge on any atom is -0.477 e. The molecule has 0 saturated heterocycles. The molecule has 0 bridgehead atoms. The van der Waals surface area contributed by atoms with Crippen LogP contribution in [0, 0.1) is 18.6 Å². The Morgan fingerprint density at radius 3 is 2.31 bits per heavy atom. The molecule has 5 aromatic rings. The van der Waals surface area contributed by atoms with E-state index in [2.05, 4.69) is 20.6 Å². The molecule has 10 nitrogen and oxygen atoms in total. The SMILES string of the molecule is Cc1nnn(-c2ccc(-c3cc(F)c(Oc4ncccc4C(=O)O)c(F)c3)cc2)c1NC(=O)O[C@H](C)c1ccccc1. The Morgan fingerprint density at radius 2 is 1.64 bits per heavy atom. The van der Waals surface area contributed by atoms with Gasteiger partial charge in [0.15, 0.2) is 17.5 Å². The van der Waals surface area contributed by atoms with Crippen molar-refractivity contribution < 1.29 is 33.0 Å². The molecule has 3 aromatic carbocycles. The number of hydrogen-bond acceptors (Lipinski definition) is 7. The van der Waals surface area contributed by atoms with Crippen molar-refractivity contribution in [2.45, 2.75) is 20.0 Å². The van der Waals surface area contributed by atoms with E-state index in [0.717, 1.165) is 17.7 Å². The molecular weight excluding hydrogens is 548 g/mol. The quantitative estimate of drug-likeness (QED) is 0.210. The van der Waals surface area contributed by atoms with Gasteiger partial charge in [-0.05, 0) is 66.9 Å². The van der Waals surface area contributed by atoms with Gasteiger partial charge < -0.3 is 14.6 Å². The highest BCUT2D eigenvalue weighted by Crippen LogP contribution is 2.33. The molecule has 0 saturated carbocycles. The number of rotatable bonds is 8. The van der Waals surface area contributed by atoms with Gasteiger partial charge in [-0.1, -0.05) is 47.7 Å². The van der Waals surface area contributed by atoms with Crippen LogP contribution in [0.3, 0.4) is 0 Å². The number of benzene rings is 3. The van der Waals surface area contributed by atoms with Gasteiger partial charge in [0.25, 0.3) is 0 Å². The lowest BCUT2D eigenvalue weighted by Crippen LogP contribution is -2.18. The van der Waals surface area contributed by atoms with E-state index in [1.807, 2.05) is 30.3 Å². The van der Waals surface area contributed by atoms with Gasteiger partial charge in [0, 0.05) is 6.20 Å². The summed E-state index contributed by atoms with van der Waals surface area (Å²) in [5, 5.41) is 20.1. The first-order valence-corrected chi connectivity index (χ1v) is 12.6. The summed E-state index contributed by atoms with van der Waals surface area (Å²) < 4.78 is 41.9. The van der Waals surface area contributed by atoms with Gasteiger partial charge in [-0.2, -0.15) is 4.68 Å². The number of amides is 1. The molecule has 0 aliphatic carbocycles. The van der Waals surface area contributed by atoms with Crippen LogP contribution in [-0.2, 0) is 4.74 Å². The van der Waals surface area contributed by atoms with Crippen molar-refractivity contribution in [3.05, 3.63) is 114 Å². The fourth-order valence-electron chi connectivity index (χ4n) is 4.11. The van der Waals surface area contributed by atoms with Gasteiger partial charge in [0.2, 0.25) is 11.6 Å². The molecule has 0 radical (unpaired) electrons. The highest BCUT2D eigenvalue weighted by Gasteiger charge is 2.20. The van der Waals surface area contributed by atoms with Crippen LogP contribution in [0.1, 0.15) is 34.6 Å². The number of carbonyl (C=O) groups excluding carboxylic acids is 1. The van der Waals surface area contributed by atoms with Gasteiger partial charge in [-0.25, -0.2) is 23.4 Å². The zero-order valence-electron chi connectivity index (χ0n) is 22.3. The summed E-state index contributed by atoms with van der Waals surface area (Å²) >= 11 is 0. The van der Waals surface area contributed by atoms with Crippen molar-refractivity contribution in [2.75, 3.05) is 5.32 Å². The van der Waals surface area contributed by atoms with Gasteiger partial charge in [0.1, 0.15) is 17.4 Å². The fraction of sp³-hybridized carbons (Fsp3) is 0.100. The second-order valence-electron chi connectivity index (χ2n) is 9.10. The number of aryl methyl sites for hydroxylation is 1. The van der Waals surface area contributed by atoms with Crippen LogP contribution >= 0.6 is 0 Å². The van der Waals surface area contributed by atoms with Crippen LogP contribution < -0.4 is 10.1 Å². The topological polar surface area (TPSA) is 128 Å². The summed E-state index contributed by atoms with van der Waals surface area (Å²) in [5.74, 6) is -4.36. The smallest absolute Gasteiger partial charge is 0.413 e. The maximum Gasteiger partial charge on any atom is 0.413 e. The van der Waals surface area contributed by atoms with E-state index < -0.39 is 41.4 Å². The van der Waals surface area contributed by atoms with Gasteiger partial charge in [-0.15, -0.1) is 5.10 Å². The largest absolute Gasteiger partial charge is 0.477 e. The average molecular weight is 572 g/mol. The van der Waals surface area contributed by atoms with Crippen LogP contribution in [0.5, 0.6) is 11.6 Å². The molecule has 0 unspecified atom stereocenters. The Balaban J connectivity index is 1.34. The van der Waals surface area contributed by atoms with E-state index in [1.54, 1.807) is 38.1 Å². The molecular formula is C30H23F2N5O5. The Labute approximate surface area is 238 Å². The third-order valence-corrected chi connectivity index (χ3v) is 6.26. The van der Waals surface area contributed by atoms with E-state index in [-0.39, 0.29) is 11.1 Å². The normalized spacial score (nSPS) is 11.5. The molecule has 0 fully saturated rings. The zero-order chi connectivity index (χ0) is 29.8. The fourth-order valence-corrected chi connectivity index (χ4v) is 4.11. The second kappa shape index (κ2) is 11.8. The summed E-state index contributed by atoms with van der Waals surface area (Å²) in [6.07, 6.45) is 0.0686. The van der Waals surface area contributed by atoms with Crippen molar-refractivity contribution in [2.24, 2.45) is 0 Å². The van der Waals surface area contributed by atoms with E-state index >= 15 is 0 Å². The Kier molecular flexibility index (Phi) is 7.87. The molecule has 2 heterocycles. The predicted octanol–water partition coefficient (Wildman–Crippen LogP) is 6.72. The van der Waals surface area contributed by atoms with Crippen molar-refractivity contribution in [1.29, 1.82) is 0 Å². The minimum atomic E-state index is -1.35. The lowest BCUT2D eigenvalue weighted by molar-refractivity contribution is 0.0693. The molecule has 2 N–H and O–H groups in total. The summed E-state index contributed by atoms with van der Waals surface area (Å²) in [5.41, 5.74) is 2.13. The van der Waals surface area contributed by atoms with Gasteiger partial charge in [-0.3, -0.25) is 5.32 Å². The predicted molar refractivity (Wildman–Crippen MR) is 148 cm³/mol. The number of pyridine rings is 1. The van der Waals surface area contributed by atoms with Crippen molar-refractivity contribution in [3.63, 3.8) is 0 Å². The number of aromatic carboxylic acids is 1. The summed E-state index contributed by atoms with van der Waals surface area (Å²) in [4.78, 5) is 27.8. The molecule has 1 atom stereocenters. The number of anilines is 1. The molecule has 0 aliphatic heterocycles. The molecule has 42 heavy (non-hydrogen) atoms. The van der Waals surface area contributed by atoms with Gasteiger partial charge in [0.05, 0.1) is 5.69 Å². The lowest BCUT2D eigenvalue weighted by Gasteiger charge is -2.15. The Hall–Kier alpha value is -5.65. The van der Waals surface area contributed by atoms with Crippen molar-refractivity contribution >= 4 is 17.9 Å². The first-order valence-electron chi connectivity index (χ1n) is 12.6. The van der Waals surface area contributed by atoms with E-state index in [9.17, 15) is 23.5 Å². The molecule has 0 spiro atoms. The third kappa shape index (κ3) is 5.92. The van der Waals surface area contributed by atoms with Crippen LogP contribution in [0.25, 0.3) is 16.8 Å². The molecule has 2 aromatic heterocycles. The first kappa shape index (κ1) is 27.9. The van der Waals surface area contributed by atoms with Crippen molar-refractivity contribution in [3.8, 4) is 28.4 Å². The Bertz CT molecular complexity index is 1740. The standard InChI is InChI=1S/C30H23F2N5O5/c1-17-27(34-30(40)41-18(2)19-7-4-3-5-8-19)37(36-35-17)22-12-10-20(11-13-22)21-15-24(31)26(25(32)16-21)42-28-23(29(38)39)9-6-14-33-28/h3-16,18H,1-2H3,(H,34,40)(H,38,39)/t18-/m1/s1. The van der Waals surface area contributed by atoms with Crippen LogP contribution in [0.4, 0.5) is 19.4 Å². The molecule has 12 heteroatoms. The van der Waals surface area contributed by atoms with Crippen LogP contribution in [0.2, 0.25) is 0 Å². The number of nitrogens with one attached hydrogen (secondary N) is 1. The first-order chi connectivity index (χ1) is 20.2. The van der Waals surface area contributed by atoms with E-state index in [0.29, 0.717) is 22.8 Å². The molecule has 5 rings (SSSR count). The lowest BCUT2D eigenvalue weighted by atomic mass is 10.0. The molecule has 1 amide bonds. The number of nitrogens with zero attached hydrogens (tertiary/aromatic N) is 4. The molecule has 212 valence electrons. The minimum absolute atomic E-state index is 0.204. The summed E-state index contributed by atoms with van der Waals surface area (Å²) in [7, 11) is 0. The highest BCUT2D eigenvalue weighted by molar-refractivity contribution is 5.90. The van der Waals surface area contributed by atoms with Crippen LogP contribution in [0.15, 0.2) is 85.1 Å². The number of ether oxygens (including phenoxy) is 2. The zero-order valence-corrected chi connectivity index (χ0v) is 22.3. The van der Waals surface area contributed by atoms with E-state index in [4.69, 9.17) is 9.47 Å². The average Bonchev–Trinajstić information content (AvgIpc) is 3.34. The Morgan fingerprint density at radius 1 is 0.952 bits per heavy atom. The number of carboxylic acids is 1. The maximum atomic E-state index is 14.9. The van der Waals surface area contributed by atoms with Crippen LogP contribution in [-0.4, -0.2) is 37.1 Å². The van der Waals surface area contributed by atoms with Gasteiger partial charge >= 0.3 is 12.1 Å². The maximum absolute atomic E-state index is 14.9. The number of hydrogen-bond donors (Lipinski definition) is 2. The third-order valence-electron chi connectivity index (χ3n) is 6.26.